The van der Waals surface area contributed by atoms with E-state index in [1.54, 1.807) is 6.07 Å². The second kappa shape index (κ2) is 3.23. The van der Waals surface area contributed by atoms with Crippen LogP contribution >= 0.6 is 0 Å². The number of hydrogen-bond donors (Lipinski definition) is 2. The number of pyridine rings is 1. The van der Waals surface area contributed by atoms with Crippen LogP contribution in [0.15, 0.2) is 10.9 Å². The first-order valence-electron chi connectivity index (χ1n) is 3.27. The van der Waals surface area contributed by atoms with Gasteiger partial charge in [-0.3, -0.25) is 4.79 Å². The van der Waals surface area contributed by atoms with Crippen molar-refractivity contribution in [1.82, 2.24) is 4.98 Å². The summed E-state index contributed by atoms with van der Waals surface area (Å²) in [6, 6.07) is 2.42. The summed E-state index contributed by atoms with van der Waals surface area (Å²) >= 11 is 0. The second-order valence-electron chi connectivity index (χ2n) is 2.29. The normalized spacial score (nSPS) is 10.0. The quantitative estimate of drug-likeness (QED) is 0.677. The minimum Gasteiger partial charge on any atom is -0.393 e. The van der Waals surface area contributed by atoms with Crippen molar-refractivity contribution in [3.8, 4) is 6.07 Å². The predicted octanol–water partition coefficient (Wildman–Crippen LogP) is 0.766. The molecule has 1 aromatic rings. The fourth-order valence-electron chi connectivity index (χ4n) is 0.800. The lowest BCUT2D eigenvalue weighted by molar-refractivity contribution is 0.146. The molecular formula is C7H5F2N3O. The fraction of sp³-hybridized carbons (Fsp3) is 0.143. The molecule has 0 spiro atoms. The van der Waals surface area contributed by atoms with E-state index in [1.165, 1.54) is 0 Å². The third kappa shape index (κ3) is 1.64. The van der Waals surface area contributed by atoms with Gasteiger partial charge in [-0.1, -0.05) is 0 Å². The number of nitriles is 1. The van der Waals surface area contributed by atoms with Gasteiger partial charge in [0.1, 0.15) is 11.8 Å². The zero-order valence-corrected chi connectivity index (χ0v) is 6.34. The highest BCUT2D eigenvalue weighted by molar-refractivity contribution is 5.52. The van der Waals surface area contributed by atoms with E-state index in [-0.39, 0.29) is 11.3 Å². The number of alkyl halides is 2. The van der Waals surface area contributed by atoms with Crippen LogP contribution in [0.1, 0.15) is 17.7 Å². The van der Waals surface area contributed by atoms with Crippen LogP contribution < -0.4 is 11.3 Å². The van der Waals surface area contributed by atoms with Gasteiger partial charge in [0.2, 0.25) is 0 Å². The molecule has 1 heterocycles. The summed E-state index contributed by atoms with van der Waals surface area (Å²) in [5.41, 5.74) is 3.11. The average Bonchev–Trinajstić information content (AvgIpc) is 2.09. The summed E-state index contributed by atoms with van der Waals surface area (Å²) in [7, 11) is 0. The molecule has 0 unspecified atom stereocenters. The highest BCUT2D eigenvalue weighted by Crippen LogP contribution is 2.17. The van der Waals surface area contributed by atoms with Gasteiger partial charge in [-0.05, 0) is 6.07 Å². The Labute approximate surface area is 71.6 Å². The molecule has 0 aliphatic carbocycles. The van der Waals surface area contributed by atoms with Crippen molar-refractivity contribution in [3.05, 3.63) is 27.7 Å². The maximum atomic E-state index is 12.1. The molecule has 13 heavy (non-hydrogen) atoms. The topological polar surface area (TPSA) is 82.7 Å². The molecule has 0 saturated carbocycles. The molecule has 0 bridgehead atoms. The lowest BCUT2D eigenvalue weighted by atomic mass is 10.2. The number of nitrogens with one attached hydrogen (secondary N) is 1. The van der Waals surface area contributed by atoms with Crippen LogP contribution in [0.3, 0.4) is 0 Å². The Hall–Kier alpha value is -1.90. The molecule has 0 atom stereocenters. The molecular weight excluding hydrogens is 180 g/mol. The molecule has 0 aliphatic heterocycles. The Balaban J connectivity index is 3.42. The van der Waals surface area contributed by atoms with Crippen molar-refractivity contribution in [2.24, 2.45) is 0 Å². The standard InChI is InChI=1S/C7H5F2N3O/c8-6(9)4-1-3(2-10)5(11)7(13)12-4/h1,6H,11H2,(H,12,13). The summed E-state index contributed by atoms with van der Waals surface area (Å²) in [4.78, 5) is 12.7. The molecule has 68 valence electrons. The molecule has 6 heteroatoms. The predicted molar refractivity (Wildman–Crippen MR) is 41.1 cm³/mol. The van der Waals surface area contributed by atoms with E-state index in [0.717, 1.165) is 6.07 Å². The third-order valence-corrected chi connectivity index (χ3v) is 1.45. The zero-order chi connectivity index (χ0) is 10.0. The van der Waals surface area contributed by atoms with Crippen molar-refractivity contribution < 1.29 is 8.78 Å². The van der Waals surface area contributed by atoms with Gasteiger partial charge in [0.05, 0.1) is 11.3 Å². The summed E-state index contributed by atoms with van der Waals surface area (Å²) in [6.45, 7) is 0. The highest BCUT2D eigenvalue weighted by Gasteiger charge is 2.12. The number of nitrogens with two attached hydrogens (primary N) is 1. The van der Waals surface area contributed by atoms with Crippen molar-refractivity contribution >= 4 is 5.69 Å². The lowest BCUT2D eigenvalue weighted by Gasteiger charge is -2.01. The smallest absolute Gasteiger partial charge is 0.278 e. The number of nitrogens with zero attached hydrogens (tertiary/aromatic N) is 1. The van der Waals surface area contributed by atoms with Gasteiger partial charge in [0.15, 0.2) is 0 Å². The van der Waals surface area contributed by atoms with Gasteiger partial charge in [0.25, 0.3) is 12.0 Å². The van der Waals surface area contributed by atoms with Crippen LogP contribution in [0.5, 0.6) is 0 Å². The van der Waals surface area contributed by atoms with E-state index in [0.29, 0.717) is 0 Å². The van der Waals surface area contributed by atoms with Crippen LogP contribution in [-0.4, -0.2) is 4.98 Å². The number of aromatic amines is 1. The van der Waals surface area contributed by atoms with Gasteiger partial charge >= 0.3 is 0 Å². The number of hydrogen-bond acceptors (Lipinski definition) is 3. The average molecular weight is 185 g/mol. The molecule has 0 amide bonds. The van der Waals surface area contributed by atoms with E-state index in [9.17, 15) is 13.6 Å². The SMILES string of the molecule is N#Cc1cc(C(F)F)[nH]c(=O)c1N. The largest absolute Gasteiger partial charge is 0.393 e. The van der Waals surface area contributed by atoms with Gasteiger partial charge in [-0.15, -0.1) is 0 Å². The van der Waals surface area contributed by atoms with Crippen LogP contribution in [0.2, 0.25) is 0 Å². The third-order valence-electron chi connectivity index (χ3n) is 1.45. The number of halogens is 2. The highest BCUT2D eigenvalue weighted by atomic mass is 19.3. The number of anilines is 1. The maximum absolute atomic E-state index is 12.1. The van der Waals surface area contributed by atoms with Crippen molar-refractivity contribution in [3.63, 3.8) is 0 Å². The lowest BCUT2D eigenvalue weighted by Crippen LogP contribution is -2.15. The van der Waals surface area contributed by atoms with E-state index < -0.39 is 17.7 Å². The Morgan fingerprint density at radius 3 is 2.69 bits per heavy atom. The fourth-order valence-corrected chi connectivity index (χ4v) is 0.800. The minimum absolute atomic E-state index is 0.237. The molecule has 1 aromatic heterocycles. The van der Waals surface area contributed by atoms with E-state index in [4.69, 9.17) is 11.0 Å². The van der Waals surface area contributed by atoms with Gasteiger partial charge in [-0.25, -0.2) is 8.78 Å². The van der Waals surface area contributed by atoms with Crippen LogP contribution in [0.25, 0.3) is 0 Å². The second-order valence-corrected chi connectivity index (χ2v) is 2.29. The Morgan fingerprint density at radius 2 is 2.23 bits per heavy atom. The minimum atomic E-state index is -2.82. The summed E-state index contributed by atoms with van der Waals surface area (Å²) in [5, 5.41) is 8.42. The summed E-state index contributed by atoms with van der Waals surface area (Å²) in [6.07, 6.45) is -2.82. The van der Waals surface area contributed by atoms with E-state index in [2.05, 4.69) is 0 Å². The first-order valence-corrected chi connectivity index (χ1v) is 3.27. The van der Waals surface area contributed by atoms with Gasteiger partial charge < -0.3 is 10.7 Å². The summed E-state index contributed by atoms with van der Waals surface area (Å²) in [5.74, 6) is 0. The number of rotatable bonds is 1. The Morgan fingerprint density at radius 1 is 1.62 bits per heavy atom. The molecule has 0 radical (unpaired) electrons. The first-order chi connectivity index (χ1) is 6.06. The Bertz CT molecular complexity index is 419. The van der Waals surface area contributed by atoms with Crippen molar-refractivity contribution in [2.75, 3.05) is 5.73 Å². The molecule has 0 aliphatic rings. The number of H-pyrrole nitrogens is 1. The molecule has 1 rings (SSSR count). The molecule has 4 nitrogen and oxygen atoms in total. The zero-order valence-electron chi connectivity index (χ0n) is 6.34. The Kier molecular flexibility index (Phi) is 2.28. The summed E-state index contributed by atoms with van der Waals surface area (Å²) < 4.78 is 24.1. The number of aromatic nitrogens is 1. The van der Waals surface area contributed by atoms with Crippen LogP contribution in [0, 0.1) is 11.3 Å². The van der Waals surface area contributed by atoms with Gasteiger partial charge in [-0.2, -0.15) is 5.26 Å². The molecule has 0 fully saturated rings. The van der Waals surface area contributed by atoms with Crippen LogP contribution in [0.4, 0.5) is 14.5 Å². The van der Waals surface area contributed by atoms with E-state index in [1.807, 2.05) is 4.98 Å². The molecule has 0 aromatic carbocycles. The maximum Gasteiger partial charge on any atom is 0.278 e. The van der Waals surface area contributed by atoms with E-state index >= 15 is 0 Å². The van der Waals surface area contributed by atoms with Crippen LogP contribution in [-0.2, 0) is 0 Å². The molecule has 3 N–H and O–H groups in total. The molecule has 0 saturated heterocycles. The van der Waals surface area contributed by atoms with Crippen molar-refractivity contribution in [1.29, 1.82) is 5.26 Å². The number of nitrogen functional groups attached to an aromatic ring is 1. The first kappa shape index (κ1) is 9.19. The monoisotopic (exact) mass is 185 g/mol. The van der Waals surface area contributed by atoms with Gasteiger partial charge in [0, 0.05) is 0 Å². The van der Waals surface area contributed by atoms with Crippen molar-refractivity contribution in [2.45, 2.75) is 6.43 Å².